The maximum Gasteiger partial charge on any atom is 0.219 e. The zero-order valence-electron chi connectivity index (χ0n) is 16.3. The van der Waals surface area contributed by atoms with Gasteiger partial charge < -0.3 is 19.1 Å². The highest BCUT2D eigenvalue weighted by Gasteiger charge is 2.25. The molecule has 6 heteroatoms. The van der Waals surface area contributed by atoms with Crippen LogP contribution in [-0.2, 0) is 16.1 Å². The Balaban J connectivity index is 1.62. The minimum atomic E-state index is 0.0318. The van der Waals surface area contributed by atoms with E-state index < -0.39 is 0 Å². The van der Waals surface area contributed by atoms with Gasteiger partial charge in [0.05, 0.1) is 19.8 Å². The van der Waals surface area contributed by atoms with Crippen LogP contribution in [0.5, 0.6) is 11.5 Å². The SMILES string of the molecule is CC(=O)N1CCOc2c(cc(-c3csc4ccccc34)cc2OC2CCOC2)C1. The number of thiophene rings is 1. The van der Waals surface area contributed by atoms with Crippen molar-refractivity contribution in [3.63, 3.8) is 0 Å². The standard InChI is InChI=1S/C23H23NO4S/c1-15(25)24-7-9-27-23-17(12-24)10-16(11-21(23)28-18-6-8-26-13-18)20-14-29-22-5-3-2-4-19(20)22/h2-5,10-11,14,18H,6-9,12-13H2,1H3. The normalized spacial score (nSPS) is 18.9. The van der Waals surface area contributed by atoms with Crippen LogP contribution >= 0.6 is 11.3 Å². The van der Waals surface area contributed by atoms with Crippen molar-refractivity contribution in [1.29, 1.82) is 0 Å². The lowest BCUT2D eigenvalue weighted by molar-refractivity contribution is -0.129. The summed E-state index contributed by atoms with van der Waals surface area (Å²) in [6, 6.07) is 12.6. The average Bonchev–Trinajstić information content (AvgIpc) is 3.33. The number of carbonyl (C=O) groups excluding carboxylic acids is 1. The Morgan fingerprint density at radius 3 is 2.97 bits per heavy atom. The minimum absolute atomic E-state index is 0.0318. The quantitative estimate of drug-likeness (QED) is 0.640. The molecule has 5 rings (SSSR count). The van der Waals surface area contributed by atoms with E-state index in [2.05, 4.69) is 41.8 Å². The van der Waals surface area contributed by atoms with E-state index >= 15 is 0 Å². The lowest BCUT2D eigenvalue weighted by atomic mass is 10.0. The largest absolute Gasteiger partial charge is 0.487 e. The summed E-state index contributed by atoms with van der Waals surface area (Å²) in [7, 11) is 0. The molecule has 1 fully saturated rings. The summed E-state index contributed by atoms with van der Waals surface area (Å²) in [5.41, 5.74) is 3.25. The van der Waals surface area contributed by atoms with Crippen LogP contribution in [0.3, 0.4) is 0 Å². The van der Waals surface area contributed by atoms with Crippen LogP contribution in [0.1, 0.15) is 18.9 Å². The van der Waals surface area contributed by atoms with E-state index in [9.17, 15) is 4.79 Å². The molecule has 1 amide bonds. The number of ether oxygens (including phenoxy) is 3. The molecule has 0 radical (unpaired) electrons. The Labute approximate surface area is 173 Å². The molecule has 0 bridgehead atoms. The molecular weight excluding hydrogens is 386 g/mol. The van der Waals surface area contributed by atoms with Crippen molar-refractivity contribution in [2.75, 3.05) is 26.4 Å². The number of carbonyl (C=O) groups is 1. The third-order valence-corrected chi connectivity index (χ3v) is 6.48. The van der Waals surface area contributed by atoms with Crippen molar-refractivity contribution in [1.82, 2.24) is 4.90 Å². The second-order valence-electron chi connectivity index (χ2n) is 7.50. The first-order valence-electron chi connectivity index (χ1n) is 9.95. The molecule has 0 N–H and O–H groups in total. The van der Waals surface area contributed by atoms with Gasteiger partial charge in [0.25, 0.3) is 0 Å². The van der Waals surface area contributed by atoms with Crippen LogP contribution in [0.2, 0.25) is 0 Å². The minimum Gasteiger partial charge on any atom is -0.487 e. The third kappa shape index (κ3) is 3.58. The van der Waals surface area contributed by atoms with Crippen molar-refractivity contribution in [3.8, 4) is 22.6 Å². The number of nitrogens with zero attached hydrogens (tertiary/aromatic N) is 1. The molecule has 2 aliphatic heterocycles. The number of amides is 1. The predicted molar refractivity (Wildman–Crippen MR) is 114 cm³/mol. The van der Waals surface area contributed by atoms with Gasteiger partial charge in [0, 0.05) is 41.1 Å². The van der Waals surface area contributed by atoms with Crippen molar-refractivity contribution < 1.29 is 19.0 Å². The van der Waals surface area contributed by atoms with E-state index in [1.807, 2.05) is 4.90 Å². The maximum atomic E-state index is 12.0. The van der Waals surface area contributed by atoms with Crippen molar-refractivity contribution in [3.05, 3.63) is 47.3 Å². The van der Waals surface area contributed by atoms with Gasteiger partial charge in [-0.15, -0.1) is 11.3 Å². The van der Waals surface area contributed by atoms with Gasteiger partial charge in [0.1, 0.15) is 12.7 Å². The first-order valence-corrected chi connectivity index (χ1v) is 10.8. The molecule has 5 nitrogen and oxygen atoms in total. The van der Waals surface area contributed by atoms with Gasteiger partial charge in [-0.25, -0.2) is 0 Å². The van der Waals surface area contributed by atoms with Crippen LogP contribution in [0.25, 0.3) is 21.2 Å². The molecule has 29 heavy (non-hydrogen) atoms. The van der Waals surface area contributed by atoms with Crippen molar-refractivity contribution in [2.24, 2.45) is 0 Å². The Hall–Kier alpha value is -2.57. The first kappa shape index (κ1) is 18.5. The topological polar surface area (TPSA) is 48.0 Å². The Morgan fingerprint density at radius 1 is 1.24 bits per heavy atom. The molecule has 3 aromatic rings. The monoisotopic (exact) mass is 409 g/mol. The van der Waals surface area contributed by atoms with Crippen molar-refractivity contribution in [2.45, 2.75) is 26.0 Å². The molecule has 2 aromatic carbocycles. The van der Waals surface area contributed by atoms with Crippen LogP contribution in [0, 0.1) is 0 Å². The lowest BCUT2D eigenvalue weighted by Crippen LogP contribution is -2.30. The van der Waals surface area contributed by atoms with E-state index in [0.717, 1.165) is 35.7 Å². The Morgan fingerprint density at radius 2 is 2.14 bits per heavy atom. The van der Waals surface area contributed by atoms with E-state index in [0.29, 0.717) is 26.3 Å². The van der Waals surface area contributed by atoms with Gasteiger partial charge in [0.2, 0.25) is 5.91 Å². The van der Waals surface area contributed by atoms with Crippen LogP contribution in [0.4, 0.5) is 0 Å². The molecule has 1 aromatic heterocycles. The van der Waals surface area contributed by atoms with Gasteiger partial charge in [-0.3, -0.25) is 4.79 Å². The molecular formula is C23H23NO4S. The number of rotatable bonds is 3. The van der Waals surface area contributed by atoms with Gasteiger partial charge in [-0.2, -0.15) is 0 Å². The summed E-state index contributed by atoms with van der Waals surface area (Å²) in [5, 5.41) is 3.42. The first-order chi connectivity index (χ1) is 14.2. The molecule has 1 saturated heterocycles. The zero-order valence-corrected chi connectivity index (χ0v) is 17.2. The summed E-state index contributed by atoms with van der Waals surface area (Å²) >= 11 is 1.74. The summed E-state index contributed by atoms with van der Waals surface area (Å²) < 4.78 is 19.1. The smallest absolute Gasteiger partial charge is 0.219 e. The fraction of sp³-hybridized carbons (Fsp3) is 0.348. The van der Waals surface area contributed by atoms with Gasteiger partial charge in [-0.05, 0) is 29.1 Å². The fourth-order valence-electron chi connectivity index (χ4n) is 3.98. The summed E-state index contributed by atoms with van der Waals surface area (Å²) in [5.74, 6) is 1.55. The predicted octanol–water partition coefficient (Wildman–Crippen LogP) is 4.48. The zero-order chi connectivity index (χ0) is 19.8. The van der Waals surface area contributed by atoms with Crippen molar-refractivity contribution >= 4 is 27.3 Å². The molecule has 0 saturated carbocycles. The van der Waals surface area contributed by atoms with E-state index in [1.165, 1.54) is 15.6 Å². The average molecular weight is 410 g/mol. The highest BCUT2D eigenvalue weighted by Crippen LogP contribution is 2.42. The second-order valence-corrected chi connectivity index (χ2v) is 8.41. The van der Waals surface area contributed by atoms with Gasteiger partial charge >= 0.3 is 0 Å². The fourth-order valence-corrected chi connectivity index (χ4v) is 4.95. The van der Waals surface area contributed by atoms with E-state index in [1.54, 1.807) is 18.3 Å². The number of benzene rings is 2. The Bertz CT molecular complexity index is 1050. The molecule has 3 heterocycles. The molecule has 0 aliphatic carbocycles. The van der Waals surface area contributed by atoms with Crippen LogP contribution in [-0.4, -0.2) is 43.3 Å². The molecule has 2 aliphatic rings. The summed E-state index contributed by atoms with van der Waals surface area (Å²) in [4.78, 5) is 13.9. The molecule has 1 unspecified atom stereocenters. The summed E-state index contributed by atoms with van der Waals surface area (Å²) in [6.45, 7) is 4.49. The number of fused-ring (bicyclic) bond motifs is 2. The van der Waals surface area contributed by atoms with E-state index in [4.69, 9.17) is 14.2 Å². The molecule has 150 valence electrons. The lowest BCUT2D eigenvalue weighted by Gasteiger charge is -2.20. The molecule has 0 spiro atoms. The van der Waals surface area contributed by atoms with Crippen LogP contribution in [0.15, 0.2) is 41.8 Å². The summed E-state index contributed by atoms with van der Waals surface area (Å²) in [6.07, 6.45) is 0.907. The number of hydrogen-bond donors (Lipinski definition) is 0. The van der Waals surface area contributed by atoms with Gasteiger partial charge in [0.15, 0.2) is 11.5 Å². The second kappa shape index (κ2) is 7.69. The van der Waals surface area contributed by atoms with E-state index in [-0.39, 0.29) is 12.0 Å². The highest BCUT2D eigenvalue weighted by molar-refractivity contribution is 7.17. The third-order valence-electron chi connectivity index (χ3n) is 5.52. The maximum absolute atomic E-state index is 12.0. The number of hydrogen-bond acceptors (Lipinski definition) is 5. The van der Waals surface area contributed by atoms with Gasteiger partial charge in [-0.1, -0.05) is 18.2 Å². The molecule has 1 atom stereocenters. The highest BCUT2D eigenvalue weighted by atomic mass is 32.1. The van der Waals surface area contributed by atoms with Crippen LogP contribution < -0.4 is 9.47 Å². The Kier molecular flexibility index (Phi) is 4.89.